The van der Waals surface area contributed by atoms with Crippen LogP contribution in [0.25, 0.3) is 17.2 Å². The summed E-state index contributed by atoms with van der Waals surface area (Å²) in [5.41, 5.74) is 5.72. The zero-order chi connectivity index (χ0) is 21.4. The largest absolute Gasteiger partial charge is 0.495 e. The standard InChI is InChI=1S/C22H22N8O/c1-29-12-16(10-25-29)14-4-5-18(19(8-14)31-3)27-22-24-9-15-6-7-23-20(21(15)28-22)17-11-26-30(2)13-17/h4-13,20,23H,1-3H3,(H,24,27,28). The molecule has 1 unspecified atom stereocenters. The van der Waals surface area contributed by atoms with Crippen molar-refractivity contribution in [2.75, 3.05) is 12.4 Å². The molecule has 9 heteroatoms. The lowest BCUT2D eigenvalue weighted by molar-refractivity contribution is 0.417. The van der Waals surface area contributed by atoms with Crippen molar-refractivity contribution in [3.8, 4) is 16.9 Å². The van der Waals surface area contributed by atoms with E-state index in [0.29, 0.717) is 11.7 Å². The van der Waals surface area contributed by atoms with Gasteiger partial charge in [-0.25, -0.2) is 9.97 Å². The molecule has 4 heterocycles. The smallest absolute Gasteiger partial charge is 0.227 e. The van der Waals surface area contributed by atoms with Gasteiger partial charge in [0.15, 0.2) is 0 Å². The Kier molecular flexibility index (Phi) is 4.62. The quantitative estimate of drug-likeness (QED) is 0.518. The van der Waals surface area contributed by atoms with E-state index in [1.165, 1.54) is 0 Å². The second-order valence-electron chi connectivity index (χ2n) is 7.36. The van der Waals surface area contributed by atoms with Crippen molar-refractivity contribution in [3.63, 3.8) is 0 Å². The molecule has 156 valence electrons. The van der Waals surface area contributed by atoms with Crippen LogP contribution in [0, 0.1) is 0 Å². The lowest BCUT2D eigenvalue weighted by atomic mass is 10.0. The Labute approximate surface area is 179 Å². The predicted octanol–water partition coefficient (Wildman–Crippen LogP) is 3.03. The molecule has 1 aliphatic rings. The van der Waals surface area contributed by atoms with Crippen LogP contribution in [-0.4, -0.2) is 36.6 Å². The lowest BCUT2D eigenvalue weighted by Crippen LogP contribution is -2.22. The molecular formula is C22H22N8O. The first kappa shape index (κ1) is 18.9. The summed E-state index contributed by atoms with van der Waals surface area (Å²) in [4.78, 5) is 9.28. The first-order valence-corrected chi connectivity index (χ1v) is 9.83. The average Bonchev–Trinajstić information content (AvgIpc) is 3.42. The number of benzene rings is 1. The van der Waals surface area contributed by atoms with Gasteiger partial charge in [0.1, 0.15) is 5.75 Å². The van der Waals surface area contributed by atoms with Gasteiger partial charge in [0, 0.05) is 49.4 Å². The van der Waals surface area contributed by atoms with Gasteiger partial charge in [-0.1, -0.05) is 6.07 Å². The molecule has 0 aliphatic carbocycles. The Morgan fingerprint density at radius 3 is 2.61 bits per heavy atom. The number of nitrogens with one attached hydrogen (secondary N) is 2. The first-order chi connectivity index (χ1) is 15.1. The molecule has 0 bridgehead atoms. The summed E-state index contributed by atoms with van der Waals surface area (Å²) in [7, 11) is 5.44. The number of fused-ring (bicyclic) bond motifs is 1. The number of rotatable bonds is 5. The van der Waals surface area contributed by atoms with E-state index in [-0.39, 0.29) is 6.04 Å². The molecule has 4 aromatic rings. The Hall–Kier alpha value is -4.14. The van der Waals surface area contributed by atoms with Gasteiger partial charge >= 0.3 is 0 Å². The molecular weight excluding hydrogens is 392 g/mol. The van der Waals surface area contributed by atoms with Crippen LogP contribution in [-0.2, 0) is 14.1 Å². The van der Waals surface area contributed by atoms with Crippen LogP contribution in [0.1, 0.15) is 22.9 Å². The van der Waals surface area contributed by atoms with Crippen molar-refractivity contribution < 1.29 is 4.74 Å². The monoisotopic (exact) mass is 414 g/mol. The summed E-state index contributed by atoms with van der Waals surface area (Å²) in [6, 6.07) is 5.86. The fourth-order valence-corrected chi connectivity index (χ4v) is 3.65. The summed E-state index contributed by atoms with van der Waals surface area (Å²) < 4.78 is 9.17. The van der Waals surface area contributed by atoms with Crippen molar-refractivity contribution >= 4 is 17.7 Å². The molecule has 0 spiro atoms. The highest BCUT2D eigenvalue weighted by Crippen LogP contribution is 2.33. The number of ether oxygens (including phenoxy) is 1. The molecule has 0 saturated carbocycles. The molecule has 0 saturated heterocycles. The van der Waals surface area contributed by atoms with Crippen molar-refractivity contribution in [3.05, 3.63) is 72.2 Å². The van der Waals surface area contributed by atoms with Gasteiger partial charge in [-0.2, -0.15) is 10.2 Å². The van der Waals surface area contributed by atoms with E-state index in [0.717, 1.165) is 33.6 Å². The zero-order valence-electron chi connectivity index (χ0n) is 17.4. The van der Waals surface area contributed by atoms with Gasteiger partial charge in [0.2, 0.25) is 5.95 Å². The molecule has 1 atom stereocenters. The molecule has 3 aromatic heterocycles. The second-order valence-corrected chi connectivity index (χ2v) is 7.36. The molecule has 0 fully saturated rings. The maximum Gasteiger partial charge on any atom is 0.227 e. The number of hydrogen-bond acceptors (Lipinski definition) is 7. The Morgan fingerprint density at radius 1 is 1.03 bits per heavy atom. The van der Waals surface area contributed by atoms with Crippen molar-refractivity contribution in [1.29, 1.82) is 0 Å². The highest BCUT2D eigenvalue weighted by Gasteiger charge is 2.22. The van der Waals surface area contributed by atoms with E-state index >= 15 is 0 Å². The van der Waals surface area contributed by atoms with Gasteiger partial charge in [-0.05, 0) is 30.0 Å². The Morgan fingerprint density at radius 2 is 1.87 bits per heavy atom. The van der Waals surface area contributed by atoms with Crippen LogP contribution in [0.4, 0.5) is 11.6 Å². The predicted molar refractivity (Wildman–Crippen MR) is 118 cm³/mol. The fraction of sp³-hybridized carbons (Fsp3) is 0.182. The van der Waals surface area contributed by atoms with E-state index in [1.807, 2.05) is 75.6 Å². The van der Waals surface area contributed by atoms with Gasteiger partial charge < -0.3 is 15.4 Å². The van der Waals surface area contributed by atoms with E-state index in [4.69, 9.17) is 9.72 Å². The minimum atomic E-state index is -0.0906. The van der Waals surface area contributed by atoms with Gasteiger partial charge in [-0.15, -0.1) is 0 Å². The molecule has 5 rings (SSSR count). The number of hydrogen-bond donors (Lipinski definition) is 2. The van der Waals surface area contributed by atoms with Crippen LogP contribution in [0.2, 0.25) is 0 Å². The second kappa shape index (κ2) is 7.60. The summed E-state index contributed by atoms with van der Waals surface area (Å²) in [5.74, 6) is 1.20. The average molecular weight is 414 g/mol. The Balaban J connectivity index is 1.46. The summed E-state index contributed by atoms with van der Waals surface area (Å²) >= 11 is 0. The summed E-state index contributed by atoms with van der Waals surface area (Å²) in [5, 5.41) is 15.2. The minimum Gasteiger partial charge on any atom is -0.495 e. The maximum absolute atomic E-state index is 5.61. The number of aryl methyl sites for hydroxylation is 2. The molecule has 31 heavy (non-hydrogen) atoms. The highest BCUT2D eigenvalue weighted by molar-refractivity contribution is 5.72. The number of anilines is 2. The number of aromatic nitrogens is 6. The van der Waals surface area contributed by atoms with Gasteiger partial charge in [0.05, 0.1) is 36.9 Å². The number of nitrogens with zero attached hydrogens (tertiary/aromatic N) is 6. The SMILES string of the molecule is COc1cc(-c2cnn(C)c2)ccc1Nc1ncc2c(n1)C(c1cnn(C)c1)NC=C2. The van der Waals surface area contributed by atoms with E-state index < -0.39 is 0 Å². The van der Waals surface area contributed by atoms with E-state index in [1.54, 1.807) is 16.5 Å². The summed E-state index contributed by atoms with van der Waals surface area (Å²) in [6.45, 7) is 0. The van der Waals surface area contributed by atoms with Crippen molar-refractivity contribution in [2.24, 2.45) is 14.1 Å². The normalized spacial score (nSPS) is 14.7. The summed E-state index contributed by atoms with van der Waals surface area (Å²) in [6.07, 6.45) is 13.3. The van der Waals surface area contributed by atoms with Crippen LogP contribution < -0.4 is 15.4 Å². The van der Waals surface area contributed by atoms with Crippen LogP contribution >= 0.6 is 0 Å². The lowest BCUT2D eigenvalue weighted by Gasteiger charge is -2.22. The Bertz CT molecular complexity index is 1270. The van der Waals surface area contributed by atoms with Crippen molar-refractivity contribution in [2.45, 2.75) is 6.04 Å². The van der Waals surface area contributed by atoms with Gasteiger partial charge in [0.25, 0.3) is 0 Å². The molecule has 0 radical (unpaired) electrons. The third-order valence-electron chi connectivity index (χ3n) is 5.19. The molecule has 9 nitrogen and oxygen atoms in total. The fourth-order valence-electron chi connectivity index (χ4n) is 3.65. The first-order valence-electron chi connectivity index (χ1n) is 9.83. The molecule has 1 aliphatic heterocycles. The maximum atomic E-state index is 5.61. The van der Waals surface area contributed by atoms with Crippen molar-refractivity contribution in [1.82, 2.24) is 34.8 Å². The minimum absolute atomic E-state index is 0.0906. The topological polar surface area (TPSA) is 94.7 Å². The molecule has 2 N–H and O–H groups in total. The molecule has 1 aromatic carbocycles. The van der Waals surface area contributed by atoms with Gasteiger partial charge in [-0.3, -0.25) is 9.36 Å². The van der Waals surface area contributed by atoms with Crippen LogP contribution in [0.3, 0.4) is 0 Å². The van der Waals surface area contributed by atoms with E-state index in [9.17, 15) is 0 Å². The van der Waals surface area contributed by atoms with Crippen LogP contribution in [0.15, 0.2) is 55.4 Å². The van der Waals surface area contributed by atoms with E-state index in [2.05, 4.69) is 25.8 Å². The third-order valence-corrected chi connectivity index (χ3v) is 5.19. The number of methoxy groups -OCH3 is 1. The third kappa shape index (κ3) is 3.61. The van der Waals surface area contributed by atoms with Crippen LogP contribution in [0.5, 0.6) is 5.75 Å². The zero-order valence-corrected chi connectivity index (χ0v) is 17.4. The highest BCUT2D eigenvalue weighted by atomic mass is 16.5. The molecule has 0 amide bonds.